The molecule has 1 unspecified atom stereocenters. The normalized spacial score (nSPS) is 13.6. The third-order valence-corrected chi connectivity index (χ3v) is 2.95. The second-order valence-corrected chi connectivity index (χ2v) is 4.47. The van der Waals surface area contributed by atoms with E-state index in [2.05, 4.69) is 0 Å². The van der Waals surface area contributed by atoms with E-state index in [-0.39, 0.29) is 19.6 Å². The maximum Gasteiger partial charge on any atom is 0.336 e. The summed E-state index contributed by atoms with van der Waals surface area (Å²) in [5.74, 6) is 0.0187. The van der Waals surface area contributed by atoms with Gasteiger partial charge in [-0.25, -0.2) is 4.79 Å². The van der Waals surface area contributed by atoms with Gasteiger partial charge in [-0.1, -0.05) is 6.07 Å². The summed E-state index contributed by atoms with van der Waals surface area (Å²) < 4.78 is 15.6. The highest BCUT2D eigenvalue weighted by atomic mass is 16.5. The molecular formula is C14H20O6. The molecule has 0 radical (unpaired) electrons. The van der Waals surface area contributed by atoms with E-state index in [1.165, 1.54) is 21.1 Å². The Kier molecular flexibility index (Phi) is 5.79. The fraction of sp³-hybridized carbons (Fsp3) is 0.500. The van der Waals surface area contributed by atoms with E-state index in [1.54, 1.807) is 18.2 Å². The first-order valence-corrected chi connectivity index (χ1v) is 6.16. The fourth-order valence-corrected chi connectivity index (χ4v) is 1.84. The molecule has 0 fully saturated rings. The Hall–Kier alpha value is -1.79. The van der Waals surface area contributed by atoms with Gasteiger partial charge in [-0.05, 0) is 24.6 Å². The molecule has 6 heteroatoms. The zero-order chi connectivity index (χ0) is 15.2. The first-order valence-electron chi connectivity index (χ1n) is 6.16. The lowest BCUT2D eigenvalue weighted by Crippen LogP contribution is -2.41. The number of rotatable bonds is 8. The number of aliphatic hydroxyl groups excluding tert-OH is 1. The van der Waals surface area contributed by atoms with Crippen LogP contribution in [0.2, 0.25) is 0 Å². The van der Waals surface area contributed by atoms with E-state index in [1.807, 2.05) is 0 Å². The van der Waals surface area contributed by atoms with Crippen molar-refractivity contribution in [3.63, 3.8) is 0 Å². The maximum absolute atomic E-state index is 11.3. The summed E-state index contributed by atoms with van der Waals surface area (Å²) in [6.07, 6.45) is 0.155. The van der Waals surface area contributed by atoms with E-state index in [0.717, 1.165) is 5.56 Å². The Morgan fingerprint density at radius 2 is 1.90 bits per heavy atom. The summed E-state index contributed by atoms with van der Waals surface area (Å²) in [5, 5.41) is 18.1. The third-order valence-electron chi connectivity index (χ3n) is 2.95. The third kappa shape index (κ3) is 3.85. The molecule has 0 heterocycles. The molecule has 1 aromatic carbocycles. The van der Waals surface area contributed by atoms with Crippen LogP contribution in [0.3, 0.4) is 0 Å². The van der Waals surface area contributed by atoms with Crippen LogP contribution in [-0.4, -0.2) is 49.2 Å². The van der Waals surface area contributed by atoms with Crippen LogP contribution in [0.1, 0.15) is 12.5 Å². The molecule has 1 atom stereocenters. The van der Waals surface area contributed by atoms with Gasteiger partial charge < -0.3 is 24.4 Å². The molecule has 0 spiro atoms. The Labute approximate surface area is 117 Å². The van der Waals surface area contributed by atoms with Crippen LogP contribution in [0.25, 0.3) is 0 Å². The molecule has 0 aromatic heterocycles. The number of aliphatic hydroxyl groups is 1. The molecule has 1 aromatic rings. The number of hydrogen-bond acceptors (Lipinski definition) is 5. The highest BCUT2D eigenvalue weighted by molar-refractivity contribution is 5.77. The van der Waals surface area contributed by atoms with Crippen LogP contribution in [0, 0.1) is 0 Å². The second-order valence-electron chi connectivity index (χ2n) is 4.47. The van der Waals surface area contributed by atoms with Crippen LogP contribution >= 0.6 is 0 Å². The number of carbonyl (C=O) groups is 1. The monoisotopic (exact) mass is 284 g/mol. The quantitative estimate of drug-likeness (QED) is 0.743. The van der Waals surface area contributed by atoms with Gasteiger partial charge in [0.2, 0.25) is 0 Å². The zero-order valence-electron chi connectivity index (χ0n) is 11.9. The number of carboxylic acid groups (broad SMARTS) is 1. The summed E-state index contributed by atoms with van der Waals surface area (Å²) in [6, 6.07) is 5.18. The summed E-state index contributed by atoms with van der Waals surface area (Å²) >= 11 is 0. The van der Waals surface area contributed by atoms with E-state index < -0.39 is 11.6 Å². The molecule has 0 saturated heterocycles. The average molecular weight is 284 g/mol. The smallest absolute Gasteiger partial charge is 0.336 e. The topological polar surface area (TPSA) is 85.2 Å². The lowest BCUT2D eigenvalue weighted by atomic mass is 9.96. The van der Waals surface area contributed by atoms with Crippen molar-refractivity contribution < 1.29 is 29.2 Å². The molecule has 112 valence electrons. The summed E-state index contributed by atoms with van der Waals surface area (Å²) in [7, 11) is 3.05. The second kappa shape index (κ2) is 7.12. The minimum Gasteiger partial charge on any atom is -0.493 e. The molecule has 20 heavy (non-hydrogen) atoms. The van der Waals surface area contributed by atoms with Gasteiger partial charge in [0, 0.05) is 6.42 Å². The van der Waals surface area contributed by atoms with Gasteiger partial charge in [-0.15, -0.1) is 0 Å². The zero-order valence-corrected chi connectivity index (χ0v) is 11.9. The fourth-order valence-electron chi connectivity index (χ4n) is 1.84. The van der Waals surface area contributed by atoms with Crippen molar-refractivity contribution in [3.05, 3.63) is 23.8 Å². The van der Waals surface area contributed by atoms with E-state index in [9.17, 15) is 9.90 Å². The van der Waals surface area contributed by atoms with Gasteiger partial charge in [0.05, 0.1) is 27.4 Å². The minimum atomic E-state index is -1.40. The van der Waals surface area contributed by atoms with Gasteiger partial charge in [-0.2, -0.15) is 0 Å². The SMILES string of the molecule is COc1ccc(CC(C)(OCCO)C(=O)O)cc1OC. The largest absolute Gasteiger partial charge is 0.493 e. The number of aliphatic carboxylic acids is 1. The molecule has 2 N–H and O–H groups in total. The Balaban J connectivity index is 2.96. The van der Waals surface area contributed by atoms with E-state index >= 15 is 0 Å². The molecule has 0 aliphatic heterocycles. The van der Waals surface area contributed by atoms with Crippen LogP contribution < -0.4 is 9.47 Å². The number of ether oxygens (including phenoxy) is 3. The lowest BCUT2D eigenvalue weighted by molar-refractivity contribution is -0.164. The van der Waals surface area contributed by atoms with E-state index in [0.29, 0.717) is 11.5 Å². The number of carboxylic acids is 1. The number of methoxy groups -OCH3 is 2. The molecule has 0 bridgehead atoms. The number of benzene rings is 1. The molecule has 0 aliphatic carbocycles. The molecule has 0 aliphatic rings. The summed E-state index contributed by atoms with van der Waals surface area (Å²) in [4.78, 5) is 11.3. The highest BCUT2D eigenvalue weighted by Gasteiger charge is 2.34. The maximum atomic E-state index is 11.3. The number of hydrogen-bond donors (Lipinski definition) is 2. The summed E-state index contributed by atoms with van der Waals surface area (Å²) in [6.45, 7) is 1.21. The van der Waals surface area contributed by atoms with Crippen LogP contribution in [0.4, 0.5) is 0 Å². The first kappa shape index (κ1) is 16.3. The van der Waals surface area contributed by atoms with E-state index in [4.69, 9.17) is 19.3 Å². The van der Waals surface area contributed by atoms with Crippen molar-refractivity contribution in [1.29, 1.82) is 0 Å². The molecule has 0 saturated carbocycles. The standard InChI is InChI=1S/C14H20O6/c1-14(13(16)17,20-7-6-15)9-10-4-5-11(18-2)12(8-10)19-3/h4-5,8,15H,6-7,9H2,1-3H3,(H,16,17). The van der Waals surface area contributed by atoms with Crippen molar-refractivity contribution in [3.8, 4) is 11.5 Å². The van der Waals surface area contributed by atoms with Gasteiger partial charge in [0.25, 0.3) is 0 Å². The first-order chi connectivity index (χ1) is 9.46. The van der Waals surface area contributed by atoms with Crippen molar-refractivity contribution in [2.75, 3.05) is 27.4 Å². The molecule has 6 nitrogen and oxygen atoms in total. The molecule has 0 amide bonds. The Bertz CT molecular complexity index is 459. The molecule has 1 rings (SSSR count). The molecular weight excluding hydrogens is 264 g/mol. The Morgan fingerprint density at radius 3 is 2.40 bits per heavy atom. The average Bonchev–Trinajstić information content (AvgIpc) is 2.44. The predicted molar refractivity (Wildman–Crippen MR) is 72.3 cm³/mol. The van der Waals surface area contributed by atoms with Gasteiger partial charge in [0.1, 0.15) is 0 Å². The van der Waals surface area contributed by atoms with Gasteiger partial charge >= 0.3 is 5.97 Å². The van der Waals surface area contributed by atoms with Crippen molar-refractivity contribution >= 4 is 5.97 Å². The van der Waals surface area contributed by atoms with Gasteiger partial charge in [0.15, 0.2) is 17.1 Å². The van der Waals surface area contributed by atoms with Crippen molar-refractivity contribution in [1.82, 2.24) is 0 Å². The van der Waals surface area contributed by atoms with Crippen molar-refractivity contribution in [2.24, 2.45) is 0 Å². The predicted octanol–water partition coefficient (Wildman–Crippen LogP) is 1.10. The van der Waals surface area contributed by atoms with Crippen LogP contribution in [0.5, 0.6) is 11.5 Å². The van der Waals surface area contributed by atoms with Crippen LogP contribution in [0.15, 0.2) is 18.2 Å². The Morgan fingerprint density at radius 1 is 1.25 bits per heavy atom. The van der Waals surface area contributed by atoms with Crippen molar-refractivity contribution in [2.45, 2.75) is 18.9 Å². The highest BCUT2D eigenvalue weighted by Crippen LogP contribution is 2.29. The lowest BCUT2D eigenvalue weighted by Gasteiger charge is -2.25. The summed E-state index contributed by atoms with van der Waals surface area (Å²) in [5.41, 5.74) is -0.659. The minimum absolute atomic E-state index is 0.0317. The van der Waals surface area contributed by atoms with Crippen LogP contribution in [-0.2, 0) is 16.0 Å². The van der Waals surface area contributed by atoms with Gasteiger partial charge in [-0.3, -0.25) is 0 Å².